The van der Waals surface area contributed by atoms with Crippen LogP contribution >= 0.6 is 0 Å². The Morgan fingerprint density at radius 2 is 1.77 bits per heavy atom. The van der Waals surface area contributed by atoms with Crippen LogP contribution < -0.4 is 14.8 Å². The summed E-state index contributed by atoms with van der Waals surface area (Å²) < 4.78 is 59.6. The Bertz CT molecular complexity index is 1170. The van der Waals surface area contributed by atoms with Gasteiger partial charge in [-0.3, -0.25) is 14.5 Å². The molecule has 156 valence electrons. The number of anilines is 1. The number of hydrogen-bond acceptors (Lipinski definition) is 5. The molecule has 10 heteroatoms. The first-order chi connectivity index (χ1) is 14.3. The van der Waals surface area contributed by atoms with Crippen LogP contribution in [0.15, 0.2) is 65.8 Å². The lowest BCUT2D eigenvalue weighted by Crippen LogP contribution is -2.26. The molecule has 0 bridgehead atoms. The predicted molar refractivity (Wildman–Crippen MR) is 106 cm³/mol. The van der Waals surface area contributed by atoms with Crippen LogP contribution in [0.1, 0.15) is 15.9 Å². The van der Waals surface area contributed by atoms with E-state index in [1.54, 1.807) is 0 Å². The van der Waals surface area contributed by atoms with Crippen molar-refractivity contribution < 1.29 is 26.7 Å². The molecule has 2 N–H and O–H groups in total. The molecule has 1 amide bonds. The lowest BCUT2D eigenvalue weighted by molar-refractivity contribution is 0.0947. The van der Waals surface area contributed by atoms with Crippen LogP contribution in [0.2, 0.25) is 0 Å². The van der Waals surface area contributed by atoms with Gasteiger partial charge in [0, 0.05) is 18.7 Å². The largest absolute Gasteiger partial charge is 0.495 e. The molecule has 0 fully saturated rings. The zero-order valence-electron chi connectivity index (χ0n) is 15.7. The maximum atomic E-state index is 13.3. The van der Waals surface area contributed by atoms with E-state index in [0.717, 1.165) is 12.1 Å². The van der Waals surface area contributed by atoms with Crippen molar-refractivity contribution in [1.29, 1.82) is 0 Å². The lowest BCUT2D eigenvalue weighted by Gasteiger charge is -2.13. The normalized spacial score (nSPS) is 11.0. The molecule has 1 aromatic heterocycles. The topological polar surface area (TPSA) is 97.4 Å². The number of carbonyl (C=O) groups is 1. The fourth-order valence-corrected chi connectivity index (χ4v) is 3.92. The lowest BCUT2D eigenvalue weighted by atomic mass is 10.2. The average Bonchev–Trinajstić information content (AvgIpc) is 2.71. The summed E-state index contributed by atoms with van der Waals surface area (Å²) in [6.07, 6.45) is 2.70. The second kappa shape index (κ2) is 8.87. The number of nitrogens with one attached hydrogen (secondary N) is 2. The van der Waals surface area contributed by atoms with Crippen LogP contribution in [0.5, 0.6) is 5.75 Å². The SMILES string of the molecule is COc1cncc(NS(=O)(=O)c2ccccc2C(=O)NCc2cc(F)cc(F)c2)c1. The van der Waals surface area contributed by atoms with Crippen LogP contribution in [0, 0.1) is 11.6 Å². The second-order valence-corrected chi connectivity index (χ2v) is 7.83. The van der Waals surface area contributed by atoms with Gasteiger partial charge < -0.3 is 10.1 Å². The first-order valence-corrected chi connectivity index (χ1v) is 10.1. The smallest absolute Gasteiger partial charge is 0.262 e. The zero-order valence-corrected chi connectivity index (χ0v) is 16.5. The summed E-state index contributed by atoms with van der Waals surface area (Å²) in [7, 11) is -2.72. The van der Waals surface area contributed by atoms with E-state index in [1.165, 1.54) is 49.8 Å². The molecule has 0 atom stereocenters. The summed E-state index contributed by atoms with van der Waals surface area (Å²) >= 11 is 0. The molecule has 0 saturated heterocycles. The molecule has 2 aromatic carbocycles. The van der Waals surface area contributed by atoms with Crippen molar-refractivity contribution in [2.75, 3.05) is 11.8 Å². The molecule has 0 saturated carbocycles. The highest BCUT2D eigenvalue weighted by atomic mass is 32.2. The quantitative estimate of drug-likeness (QED) is 0.597. The van der Waals surface area contributed by atoms with Crippen molar-refractivity contribution in [3.63, 3.8) is 0 Å². The molecule has 30 heavy (non-hydrogen) atoms. The van der Waals surface area contributed by atoms with Gasteiger partial charge in [-0.25, -0.2) is 17.2 Å². The summed E-state index contributed by atoms with van der Waals surface area (Å²) in [6, 6.07) is 9.87. The third kappa shape index (κ3) is 5.09. The van der Waals surface area contributed by atoms with E-state index in [2.05, 4.69) is 15.0 Å². The van der Waals surface area contributed by atoms with Crippen molar-refractivity contribution in [2.45, 2.75) is 11.4 Å². The summed E-state index contributed by atoms with van der Waals surface area (Å²) in [4.78, 5) is 16.2. The molecule has 0 radical (unpaired) electrons. The number of rotatable bonds is 7. The summed E-state index contributed by atoms with van der Waals surface area (Å²) in [5.41, 5.74) is 0.222. The van der Waals surface area contributed by atoms with Crippen LogP contribution in [0.3, 0.4) is 0 Å². The fraction of sp³-hybridized carbons (Fsp3) is 0.100. The van der Waals surface area contributed by atoms with E-state index in [4.69, 9.17) is 4.74 Å². The fourth-order valence-electron chi connectivity index (χ4n) is 2.68. The Balaban J connectivity index is 1.82. The van der Waals surface area contributed by atoms with Gasteiger partial charge in [-0.05, 0) is 29.8 Å². The highest BCUT2D eigenvalue weighted by molar-refractivity contribution is 7.92. The molecular weight excluding hydrogens is 416 g/mol. The van der Waals surface area contributed by atoms with Gasteiger partial charge >= 0.3 is 0 Å². The van der Waals surface area contributed by atoms with Crippen molar-refractivity contribution >= 4 is 21.6 Å². The highest BCUT2D eigenvalue weighted by Crippen LogP contribution is 2.22. The van der Waals surface area contributed by atoms with Crippen LogP contribution in [-0.2, 0) is 16.6 Å². The number of methoxy groups -OCH3 is 1. The molecule has 3 rings (SSSR count). The number of carbonyl (C=O) groups excluding carboxylic acids is 1. The molecular formula is C20H17F2N3O4S. The second-order valence-electron chi connectivity index (χ2n) is 6.18. The van der Waals surface area contributed by atoms with E-state index in [0.29, 0.717) is 11.8 Å². The van der Waals surface area contributed by atoms with Gasteiger partial charge in [-0.2, -0.15) is 0 Å². The van der Waals surface area contributed by atoms with E-state index in [1.807, 2.05) is 0 Å². The van der Waals surface area contributed by atoms with Gasteiger partial charge in [0.2, 0.25) is 0 Å². The van der Waals surface area contributed by atoms with Crippen molar-refractivity contribution in [3.8, 4) is 5.75 Å². The maximum Gasteiger partial charge on any atom is 0.262 e. The Morgan fingerprint density at radius 1 is 1.07 bits per heavy atom. The molecule has 0 aliphatic rings. The first kappa shape index (κ1) is 21.2. The molecule has 0 aliphatic heterocycles. The van der Waals surface area contributed by atoms with Crippen LogP contribution in [0.4, 0.5) is 14.5 Å². The standard InChI is InChI=1S/C20H17F2N3O4S/c1-29-17-9-16(11-23-12-17)25-30(27,28)19-5-3-2-4-18(19)20(26)24-10-13-6-14(21)8-15(22)7-13/h2-9,11-12,25H,10H2,1H3,(H,24,26). The number of amides is 1. The van der Waals surface area contributed by atoms with Gasteiger partial charge in [0.1, 0.15) is 22.3 Å². The minimum Gasteiger partial charge on any atom is -0.495 e. The number of ether oxygens (including phenoxy) is 1. The molecule has 0 aliphatic carbocycles. The van der Waals surface area contributed by atoms with Gasteiger partial charge in [0.05, 0.1) is 30.8 Å². The van der Waals surface area contributed by atoms with Gasteiger partial charge in [0.15, 0.2) is 0 Å². The number of hydrogen-bond donors (Lipinski definition) is 2. The number of pyridine rings is 1. The summed E-state index contributed by atoms with van der Waals surface area (Å²) in [5.74, 6) is -1.93. The summed E-state index contributed by atoms with van der Waals surface area (Å²) in [6.45, 7) is -0.185. The molecule has 0 spiro atoms. The Morgan fingerprint density at radius 3 is 2.47 bits per heavy atom. The average molecular weight is 433 g/mol. The molecule has 1 heterocycles. The third-order valence-corrected chi connectivity index (χ3v) is 5.44. The molecule has 3 aromatic rings. The maximum absolute atomic E-state index is 13.3. The van der Waals surface area contributed by atoms with Crippen LogP contribution in [-0.4, -0.2) is 26.4 Å². The van der Waals surface area contributed by atoms with Gasteiger partial charge in [-0.1, -0.05) is 12.1 Å². The Hall–Kier alpha value is -3.53. The van der Waals surface area contributed by atoms with E-state index >= 15 is 0 Å². The highest BCUT2D eigenvalue weighted by Gasteiger charge is 2.22. The first-order valence-electron chi connectivity index (χ1n) is 8.62. The van der Waals surface area contributed by atoms with Crippen LogP contribution in [0.25, 0.3) is 0 Å². The minimum absolute atomic E-state index is 0.127. The van der Waals surface area contributed by atoms with E-state index < -0.39 is 27.6 Å². The minimum atomic E-state index is -4.14. The number of sulfonamides is 1. The van der Waals surface area contributed by atoms with E-state index in [-0.39, 0.29) is 28.3 Å². The van der Waals surface area contributed by atoms with Crippen molar-refractivity contribution in [2.24, 2.45) is 0 Å². The Kier molecular flexibility index (Phi) is 6.26. The van der Waals surface area contributed by atoms with Crippen molar-refractivity contribution in [3.05, 3.63) is 83.7 Å². The zero-order chi connectivity index (χ0) is 21.7. The van der Waals surface area contributed by atoms with Gasteiger partial charge in [0.25, 0.3) is 15.9 Å². The van der Waals surface area contributed by atoms with Gasteiger partial charge in [-0.15, -0.1) is 0 Å². The number of nitrogens with zero attached hydrogens (tertiary/aromatic N) is 1. The predicted octanol–water partition coefficient (Wildman–Crippen LogP) is 3.10. The summed E-state index contributed by atoms with van der Waals surface area (Å²) in [5, 5.41) is 2.47. The monoisotopic (exact) mass is 433 g/mol. The number of benzene rings is 2. The number of aromatic nitrogens is 1. The molecule has 7 nitrogen and oxygen atoms in total. The molecule has 0 unspecified atom stereocenters. The third-order valence-electron chi connectivity index (χ3n) is 4.00. The number of halogens is 2. The Labute approximate surface area is 171 Å². The van der Waals surface area contributed by atoms with E-state index in [9.17, 15) is 22.0 Å². The van der Waals surface area contributed by atoms with Crippen molar-refractivity contribution in [1.82, 2.24) is 10.3 Å².